The lowest BCUT2D eigenvalue weighted by molar-refractivity contribution is 0.0624. The molecule has 2 amide bonds. The summed E-state index contributed by atoms with van der Waals surface area (Å²) in [6, 6.07) is 6.73. The third-order valence-corrected chi connectivity index (χ3v) is 24.7. The highest BCUT2D eigenvalue weighted by atomic mass is 28.3. The Morgan fingerprint density at radius 3 is 1.34 bits per heavy atom. The van der Waals surface area contributed by atoms with Gasteiger partial charge in [0.1, 0.15) is 60.5 Å². The van der Waals surface area contributed by atoms with Crippen molar-refractivity contribution >= 4 is 77.9 Å². The predicted octanol–water partition coefficient (Wildman–Crippen LogP) is 16.5. The molecule has 4 atom stereocenters. The first kappa shape index (κ1) is 71.1. The SMILES string of the molecule is CC(C)(C)OC(=O)Nc1cc2c(nc(-c3nn(COCC[Si](C)(C)C)c4c3C[C@@H]3C[C@]3(C)C4)n2COCC[Si](C)(C)C)c(F)c1F.CC(C)(C)OC(=O)Nc1cc2nc(-c3nn(COCC[Si](C)(C)C)c4c3C[C@@H]3C[C@]3(C)C4)n(COCC[Si](C)(C)C)c2c(F)c1F. The predicted molar refractivity (Wildman–Crippen MR) is 365 cm³/mol. The minimum atomic E-state index is -1.39. The van der Waals surface area contributed by atoms with Gasteiger partial charge in [-0.2, -0.15) is 10.2 Å². The van der Waals surface area contributed by atoms with Crippen molar-refractivity contribution in [2.24, 2.45) is 22.7 Å². The Kier molecular flexibility index (Phi) is 20.4. The van der Waals surface area contributed by atoms with Crippen LogP contribution in [0, 0.1) is 45.9 Å². The Hall–Kier alpha value is -5.23. The molecule has 4 aliphatic rings. The number of aromatic nitrogens is 8. The van der Waals surface area contributed by atoms with Crippen molar-refractivity contribution < 1.29 is 55.6 Å². The van der Waals surface area contributed by atoms with Crippen molar-refractivity contribution in [2.45, 2.75) is 235 Å². The van der Waals surface area contributed by atoms with Gasteiger partial charge in [-0.25, -0.2) is 46.5 Å². The molecule has 2 fully saturated rings. The first-order valence-corrected chi connectivity index (χ1v) is 47.6. The topological polar surface area (TPSA) is 185 Å². The summed E-state index contributed by atoms with van der Waals surface area (Å²) in [6.45, 7) is 45.5. The molecule has 18 nitrogen and oxygen atoms in total. The van der Waals surface area contributed by atoms with Gasteiger partial charge < -0.3 is 28.4 Å². The number of nitrogens with one attached hydrogen (secondary N) is 2. The zero-order valence-corrected chi connectivity index (χ0v) is 62.4. The number of rotatable bonds is 24. The smallest absolute Gasteiger partial charge is 0.412 e. The molecule has 0 bridgehead atoms. The number of anilines is 2. The maximum absolute atomic E-state index is 16.0. The van der Waals surface area contributed by atoms with Crippen LogP contribution in [0.4, 0.5) is 38.5 Å². The highest BCUT2D eigenvalue weighted by Crippen LogP contribution is 2.61. The molecule has 2 N–H and O–H groups in total. The molecule has 0 spiro atoms. The van der Waals surface area contributed by atoms with Crippen molar-refractivity contribution in [1.82, 2.24) is 38.7 Å². The number of nitrogens with zero attached hydrogens (tertiary/aromatic N) is 8. The number of halogens is 4. The average Bonchev–Trinajstić information content (AvgIpc) is 1.56. The van der Waals surface area contributed by atoms with Gasteiger partial charge in [0.25, 0.3) is 0 Å². The Morgan fingerprint density at radius 1 is 0.543 bits per heavy atom. The van der Waals surface area contributed by atoms with Crippen LogP contribution in [-0.4, -0.2) is 121 Å². The zero-order chi connectivity index (χ0) is 67.6. The molecular formula is C66H102F4N10O8Si4. The van der Waals surface area contributed by atoms with E-state index in [-0.39, 0.29) is 52.2 Å². The van der Waals surface area contributed by atoms with Crippen LogP contribution >= 0.6 is 0 Å². The van der Waals surface area contributed by atoms with Gasteiger partial charge in [-0.05, 0) is 139 Å². The van der Waals surface area contributed by atoms with E-state index in [0.717, 1.165) is 85.2 Å². The van der Waals surface area contributed by atoms with Crippen LogP contribution in [0.3, 0.4) is 0 Å². The van der Waals surface area contributed by atoms with Crippen molar-refractivity contribution in [3.05, 3.63) is 57.9 Å². The van der Waals surface area contributed by atoms with Crippen molar-refractivity contribution in [1.29, 1.82) is 0 Å². The van der Waals surface area contributed by atoms with Gasteiger partial charge in [-0.15, -0.1) is 0 Å². The zero-order valence-electron chi connectivity index (χ0n) is 58.4. The van der Waals surface area contributed by atoms with Gasteiger partial charge in [0.05, 0.1) is 22.4 Å². The second-order valence-electron chi connectivity index (χ2n) is 33.6. The van der Waals surface area contributed by atoms with Gasteiger partial charge in [0, 0.05) is 81.2 Å². The maximum atomic E-state index is 16.0. The molecule has 0 unspecified atom stereocenters. The average molecular weight is 1350 g/mol. The molecule has 4 heterocycles. The summed E-state index contributed by atoms with van der Waals surface area (Å²) in [6.07, 6.45) is 4.00. The highest BCUT2D eigenvalue weighted by molar-refractivity contribution is 6.77. The Labute approximate surface area is 545 Å². The number of carbonyl (C=O) groups is 2. The minimum absolute atomic E-state index is 0.0129. The molecule has 4 aliphatic carbocycles. The monoisotopic (exact) mass is 1350 g/mol. The molecule has 6 aromatic rings. The molecule has 26 heteroatoms. The standard InChI is InChI=1S/2C33H51F2N5O4Si2/c1-32(2,3)44-31(41)37-23-16-24-29(27(35)26(23)34)39(19-42-11-13-45(5,6)7)30(36-24)28-22-15-21-17-33(21,4)18-25(22)40(38-28)20-43-12-14-46(8,9)10;1-32(2,3)44-31(41)36-23-16-24-29(27(35)26(23)34)37-30(39(24)19-42-11-13-45(5,6)7)28-22-15-21-17-33(21,4)18-25(22)40(38-28)20-43-12-14-46(8,9)10/h16,21H,11-15,17-20H2,1-10H3,(H,37,41);16,21H,11-15,17-20H2,1-10H3,(H,36,41)/t2*21-,33-/m11/s1. The van der Waals surface area contributed by atoms with Gasteiger partial charge in [-0.3, -0.25) is 19.8 Å². The fourth-order valence-electron chi connectivity index (χ4n) is 12.0. The summed E-state index contributed by atoms with van der Waals surface area (Å²) >= 11 is 0. The summed E-state index contributed by atoms with van der Waals surface area (Å²) < 4.78 is 105. The Morgan fingerprint density at radius 2 is 0.924 bits per heavy atom. The van der Waals surface area contributed by atoms with E-state index in [2.05, 4.69) is 108 Å². The summed E-state index contributed by atoms with van der Waals surface area (Å²) in [7, 11) is -5.28. The number of imidazole rings is 2. The largest absolute Gasteiger partial charge is 0.444 e. The fourth-order valence-corrected chi connectivity index (χ4v) is 15.0. The summed E-state index contributed by atoms with van der Waals surface area (Å²) in [5, 5.41) is 14.8. The first-order valence-electron chi connectivity index (χ1n) is 32.7. The molecule has 0 aliphatic heterocycles. The van der Waals surface area contributed by atoms with E-state index in [4.69, 9.17) is 43.6 Å². The van der Waals surface area contributed by atoms with Gasteiger partial charge in [0.2, 0.25) is 0 Å². The van der Waals surface area contributed by atoms with Crippen LogP contribution in [0.25, 0.3) is 45.1 Å². The van der Waals surface area contributed by atoms with E-state index in [0.29, 0.717) is 80.3 Å². The Balaban J connectivity index is 0.000000217. The quantitative estimate of drug-likeness (QED) is 0.0332. The van der Waals surface area contributed by atoms with Crippen LogP contribution in [0.15, 0.2) is 12.1 Å². The normalized spacial score (nSPS) is 19.7. The van der Waals surface area contributed by atoms with Gasteiger partial charge >= 0.3 is 12.2 Å². The fraction of sp³-hybridized carbons (Fsp3) is 0.667. The summed E-state index contributed by atoms with van der Waals surface area (Å²) in [5.74, 6) is -2.73. The van der Waals surface area contributed by atoms with Gasteiger partial charge in [0.15, 0.2) is 34.9 Å². The van der Waals surface area contributed by atoms with Crippen molar-refractivity contribution in [3.63, 3.8) is 0 Å². The lowest BCUT2D eigenvalue weighted by Crippen LogP contribution is -2.27. The van der Waals surface area contributed by atoms with Crippen LogP contribution in [-0.2, 0) is 81.0 Å². The number of fused-ring (bicyclic) bond motifs is 6. The van der Waals surface area contributed by atoms with E-state index in [9.17, 15) is 9.59 Å². The third-order valence-electron chi connectivity index (χ3n) is 17.8. The number of hydrogen-bond donors (Lipinski definition) is 2. The number of hydrogen-bond acceptors (Lipinski definition) is 12. The van der Waals surface area contributed by atoms with E-state index in [1.807, 2.05) is 9.36 Å². The molecule has 2 saturated carbocycles. The van der Waals surface area contributed by atoms with E-state index in [1.54, 1.807) is 50.7 Å². The number of benzene rings is 2. The number of amides is 2. The molecule has 2 aromatic carbocycles. The van der Waals surface area contributed by atoms with Gasteiger partial charge in [-0.1, -0.05) is 92.4 Å². The number of carbonyl (C=O) groups excluding carboxylic acids is 2. The van der Waals surface area contributed by atoms with Crippen LogP contribution in [0.5, 0.6) is 0 Å². The first-order chi connectivity index (χ1) is 42.5. The van der Waals surface area contributed by atoms with Crippen molar-refractivity contribution in [3.8, 4) is 23.0 Å². The molecule has 0 saturated heterocycles. The lowest BCUT2D eigenvalue weighted by Gasteiger charge is -2.21. The number of ether oxygens (including phenoxy) is 6. The van der Waals surface area contributed by atoms with Crippen LogP contribution < -0.4 is 10.6 Å². The third kappa shape index (κ3) is 17.4. The maximum Gasteiger partial charge on any atom is 0.412 e. The molecule has 4 aromatic heterocycles. The summed E-state index contributed by atoms with van der Waals surface area (Å²) in [4.78, 5) is 34.5. The highest BCUT2D eigenvalue weighted by Gasteiger charge is 2.55. The van der Waals surface area contributed by atoms with E-state index in [1.165, 1.54) is 12.1 Å². The second kappa shape index (κ2) is 26.4. The summed E-state index contributed by atoms with van der Waals surface area (Å²) in [5.41, 5.74) is 4.23. The molecule has 508 valence electrons. The molecule has 0 radical (unpaired) electrons. The van der Waals surface area contributed by atoms with Crippen LogP contribution in [0.2, 0.25) is 103 Å². The second-order valence-corrected chi connectivity index (χ2v) is 56.1. The molecular weight excluding hydrogens is 1250 g/mol. The Bertz CT molecular complexity index is 3620. The van der Waals surface area contributed by atoms with Crippen LogP contribution in [0.1, 0.15) is 90.7 Å². The lowest BCUT2D eigenvalue weighted by atomic mass is 9.87. The molecule has 10 rings (SSSR count). The van der Waals surface area contributed by atoms with E-state index < -0.39 is 79.0 Å². The van der Waals surface area contributed by atoms with Crippen molar-refractivity contribution in [2.75, 3.05) is 37.1 Å². The van der Waals surface area contributed by atoms with E-state index >= 15 is 17.6 Å². The molecule has 92 heavy (non-hydrogen) atoms. The minimum Gasteiger partial charge on any atom is -0.444 e.